The number of aliphatic hydroxyl groups excluding tert-OH is 3. The molecule has 0 radical (unpaired) electrons. The Balaban J connectivity index is 1.44. The van der Waals surface area contributed by atoms with E-state index in [1.807, 2.05) is 5.38 Å². The fraction of sp³-hybridized carbons (Fsp3) is 0.667. The average Bonchev–Trinajstić information content (AvgIpc) is 3.41. The van der Waals surface area contributed by atoms with Gasteiger partial charge in [-0.05, 0) is 85.7 Å². The van der Waals surface area contributed by atoms with Crippen molar-refractivity contribution in [3.05, 3.63) is 52.0 Å². The molecule has 176 valence electrons. The summed E-state index contributed by atoms with van der Waals surface area (Å²) >= 11 is 1.54. The minimum absolute atomic E-state index is 0.316. The van der Waals surface area contributed by atoms with Crippen molar-refractivity contribution in [1.29, 1.82) is 0 Å². The summed E-state index contributed by atoms with van der Waals surface area (Å²) in [6.07, 6.45) is 13.6. The molecule has 1 heterocycles. The summed E-state index contributed by atoms with van der Waals surface area (Å²) in [5.74, 6) is 1.87. The lowest BCUT2D eigenvalue weighted by molar-refractivity contribution is 0.0823. The van der Waals surface area contributed by atoms with Crippen LogP contribution < -0.4 is 0 Å². The van der Waals surface area contributed by atoms with Crippen LogP contribution in [-0.4, -0.2) is 32.5 Å². The number of thiazole rings is 1. The normalized spacial score (nSPS) is 37.6. The van der Waals surface area contributed by atoms with Crippen molar-refractivity contribution in [2.75, 3.05) is 0 Å². The van der Waals surface area contributed by atoms with E-state index in [-0.39, 0.29) is 0 Å². The molecule has 0 spiro atoms. The van der Waals surface area contributed by atoms with Crippen LogP contribution in [0.15, 0.2) is 47.0 Å². The quantitative estimate of drug-likeness (QED) is 0.510. The first-order valence-electron chi connectivity index (χ1n) is 12.3. The molecular formula is C27H39NO3S. The van der Waals surface area contributed by atoms with Gasteiger partial charge in [0.1, 0.15) is 11.1 Å². The average molecular weight is 458 g/mol. The van der Waals surface area contributed by atoms with E-state index in [0.29, 0.717) is 36.0 Å². The van der Waals surface area contributed by atoms with Gasteiger partial charge in [-0.3, -0.25) is 0 Å². The number of hydrogen-bond donors (Lipinski definition) is 3. The van der Waals surface area contributed by atoms with Crippen molar-refractivity contribution in [3.63, 3.8) is 0 Å². The van der Waals surface area contributed by atoms with E-state index in [1.54, 1.807) is 6.20 Å². The van der Waals surface area contributed by atoms with E-state index in [2.05, 4.69) is 37.6 Å². The summed E-state index contributed by atoms with van der Waals surface area (Å²) in [5, 5.41) is 33.5. The van der Waals surface area contributed by atoms with Gasteiger partial charge in [-0.1, -0.05) is 38.2 Å². The van der Waals surface area contributed by atoms with Gasteiger partial charge in [0, 0.05) is 18.0 Å². The molecule has 3 aliphatic carbocycles. The number of aromatic nitrogens is 1. The lowest BCUT2D eigenvalue weighted by Gasteiger charge is -2.44. The fourth-order valence-electron chi connectivity index (χ4n) is 6.82. The molecule has 0 aliphatic heterocycles. The topological polar surface area (TPSA) is 73.6 Å². The van der Waals surface area contributed by atoms with Crippen LogP contribution in [0.25, 0.3) is 0 Å². The monoisotopic (exact) mass is 457 g/mol. The number of nitrogens with zero attached hydrogens (tertiary/aromatic N) is 1. The molecule has 4 nitrogen and oxygen atoms in total. The lowest BCUT2D eigenvalue weighted by atomic mass is 9.60. The van der Waals surface area contributed by atoms with E-state index in [4.69, 9.17) is 0 Å². The first kappa shape index (κ1) is 23.9. The predicted octanol–water partition coefficient (Wildman–Crippen LogP) is 5.73. The van der Waals surface area contributed by atoms with Crippen molar-refractivity contribution in [2.24, 2.45) is 23.2 Å². The first-order valence-corrected chi connectivity index (χ1v) is 13.2. The Hall–Kier alpha value is -1.27. The molecule has 0 saturated heterocycles. The number of rotatable bonds is 6. The molecule has 4 rings (SSSR count). The third kappa shape index (κ3) is 4.82. The van der Waals surface area contributed by atoms with E-state index >= 15 is 0 Å². The summed E-state index contributed by atoms with van der Waals surface area (Å²) in [5.41, 5.74) is 3.61. The third-order valence-corrected chi connectivity index (χ3v) is 9.50. The Morgan fingerprint density at radius 3 is 2.84 bits per heavy atom. The molecule has 3 fully saturated rings. The number of aliphatic hydroxyl groups is 3. The first-order chi connectivity index (χ1) is 15.3. The largest absolute Gasteiger partial charge is 0.393 e. The number of fused-ring (bicyclic) bond motifs is 1. The van der Waals surface area contributed by atoms with E-state index in [1.165, 1.54) is 42.6 Å². The Kier molecular flexibility index (Phi) is 7.40. The molecule has 5 heteroatoms. The Morgan fingerprint density at radius 2 is 2.09 bits per heavy atom. The van der Waals surface area contributed by atoms with Crippen LogP contribution in [0.1, 0.15) is 82.7 Å². The summed E-state index contributed by atoms with van der Waals surface area (Å²) in [6, 6.07) is 0. The minimum atomic E-state index is -0.628. The second-order valence-corrected chi connectivity index (χ2v) is 11.5. The van der Waals surface area contributed by atoms with Crippen LogP contribution in [0, 0.1) is 23.2 Å². The number of hydrogen-bond acceptors (Lipinski definition) is 5. The highest BCUT2D eigenvalue weighted by atomic mass is 32.1. The zero-order valence-electron chi connectivity index (χ0n) is 19.5. The Morgan fingerprint density at radius 1 is 1.28 bits per heavy atom. The molecule has 3 saturated carbocycles. The van der Waals surface area contributed by atoms with Crippen molar-refractivity contribution in [1.82, 2.24) is 4.98 Å². The highest BCUT2D eigenvalue weighted by Crippen LogP contribution is 2.60. The molecule has 1 aromatic heterocycles. The minimum Gasteiger partial charge on any atom is -0.393 e. The van der Waals surface area contributed by atoms with Gasteiger partial charge >= 0.3 is 0 Å². The fourth-order valence-corrected chi connectivity index (χ4v) is 7.48. The van der Waals surface area contributed by atoms with Crippen LogP contribution in [0.2, 0.25) is 0 Å². The molecule has 0 amide bonds. The summed E-state index contributed by atoms with van der Waals surface area (Å²) < 4.78 is 0. The van der Waals surface area contributed by atoms with Crippen LogP contribution >= 0.6 is 11.3 Å². The smallest absolute Gasteiger partial charge is 0.121 e. The van der Waals surface area contributed by atoms with Crippen LogP contribution in [0.4, 0.5) is 0 Å². The highest BCUT2D eigenvalue weighted by molar-refractivity contribution is 7.09. The van der Waals surface area contributed by atoms with Gasteiger partial charge < -0.3 is 15.3 Å². The van der Waals surface area contributed by atoms with E-state index in [9.17, 15) is 15.3 Å². The van der Waals surface area contributed by atoms with Crippen LogP contribution in [-0.2, 0) is 0 Å². The molecule has 7 atom stereocenters. The van der Waals surface area contributed by atoms with Gasteiger partial charge in [-0.2, -0.15) is 0 Å². The van der Waals surface area contributed by atoms with Crippen LogP contribution in [0.3, 0.4) is 0 Å². The SMILES string of the molecule is C=C1C(=CC=C2CCC[C@]3(C)[C@@H]([C@H](C)CC[C@H](O)c4nccs4)CC[C@@H]23)C[C@@H](O)C[C@@H]1O. The Labute approximate surface area is 196 Å². The molecule has 3 aliphatic rings. The Bertz CT molecular complexity index is 860. The molecule has 0 unspecified atom stereocenters. The highest BCUT2D eigenvalue weighted by Gasteiger charge is 2.50. The van der Waals surface area contributed by atoms with Gasteiger partial charge in [-0.15, -0.1) is 11.3 Å². The molecule has 0 aromatic carbocycles. The second kappa shape index (κ2) is 9.92. The summed E-state index contributed by atoms with van der Waals surface area (Å²) in [4.78, 5) is 4.27. The van der Waals surface area contributed by atoms with E-state index in [0.717, 1.165) is 35.4 Å². The summed E-state index contributed by atoms with van der Waals surface area (Å²) in [6.45, 7) is 8.93. The molecule has 3 N–H and O–H groups in total. The van der Waals surface area contributed by atoms with Gasteiger partial charge in [-0.25, -0.2) is 4.98 Å². The zero-order valence-corrected chi connectivity index (χ0v) is 20.4. The van der Waals surface area contributed by atoms with Crippen molar-refractivity contribution in [3.8, 4) is 0 Å². The third-order valence-electron chi connectivity index (χ3n) is 8.62. The molecule has 0 bridgehead atoms. The van der Waals surface area contributed by atoms with E-state index < -0.39 is 18.3 Å². The lowest BCUT2D eigenvalue weighted by Crippen LogP contribution is -2.36. The standard InChI is InChI=1S/C27H39NO3S/c1-17(6-11-24(30)26-28-13-14-32-26)22-9-10-23-19(5-4-12-27(22,23)3)7-8-20-15-21(29)16-25(31)18(20)2/h7-8,13-14,17,21-25,29-31H,2,4-6,9-12,15-16H2,1,3H3/t17-,21-,22-,23+,24+,25+,27-/m1/s1. The number of allylic oxidation sites excluding steroid dienone is 3. The van der Waals surface area contributed by atoms with Gasteiger partial charge in [0.15, 0.2) is 0 Å². The maximum absolute atomic E-state index is 10.5. The molecular weight excluding hydrogens is 418 g/mol. The van der Waals surface area contributed by atoms with Crippen molar-refractivity contribution >= 4 is 11.3 Å². The van der Waals surface area contributed by atoms with Gasteiger partial charge in [0.2, 0.25) is 0 Å². The van der Waals surface area contributed by atoms with Crippen molar-refractivity contribution in [2.45, 2.75) is 89.9 Å². The molecule has 1 aromatic rings. The zero-order chi connectivity index (χ0) is 22.9. The second-order valence-electron chi connectivity index (χ2n) is 10.6. The predicted molar refractivity (Wildman–Crippen MR) is 130 cm³/mol. The summed E-state index contributed by atoms with van der Waals surface area (Å²) in [7, 11) is 0. The van der Waals surface area contributed by atoms with Crippen LogP contribution in [0.5, 0.6) is 0 Å². The van der Waals surface area contributed by atoms with Gasteiger partial charge in [0.05, 0.1) is 12.2 Å². The van der Waals surface area contributed by atoms with Crippen molar-refractivity contribution < 1.29 is 15.3 Å². The van der Waals surface area contributed by atoms with Gasteiger partial charge in [0.25, 0.3) is 0 Å². The maximum Gasteiger partial charge on any atom is 0.121 e. The molecule has 32 heavy (non-hydrogen) atoms. The maximum atomic E-state index is 10.5.